The summed E-state index contributed by atoms with van der Waals surface area (Å²) in [6.45, 7) is 2.07. The highest BCUT2D eigenvalue weighted by atomic mass is 16.2. The minimum Gasteiger partial charge on any atom is -0.326 e. The van der Waals surface area contributed by atoms with Crippen LogP contribution in [0.2, 0.25) is 0 Å². The summed E-state index contributed by atoms with van der Waals surface area (Å²) >= 11 is 0. The molecule has 3 aliphatic rings. The van der Waals surface area contributed by atoms with Crippen LogP contribution < -0.4 is 10.7 Å². The number of hydrazone groups is 1. The molecule has 4 rings (SSSR count). The first-order chi connectivity index (χ1) is 10.6. The molecule has 3 unspecified atom stereocenters. The molecule has 1 saturated carbocycles. The van der Waals surface area contributed by atoms with E-state index in [4.69, 9.17) is 0 Å². The Balaban J connectivity index is 1.73. The quantitative estimate of drug-likeness (QED) is 0.835. The van der Waals surface area contributed by atoms with Crippen LogP contribution in [0.15, 0.2) is 23.3 Å². The van der Waals surface area contributed by atoms with Crippen molar-refractivity contribution in [3.05, 3.63) is 29.3 Å². The molecule has 2 heterocycles. The van der Waals surface area contributed by atoms with E-state index in [1.165, 1.54) is 0 Å². The van der Waals surface area contributed by atoms with Gasteiger partial charge in [-0.05, 0) is 42.0 Å². The second-order valence-corrected chi connectivity index (χ2v) is 6.57. The van der Waals surface area contributed by atoms with E-state index in [0.29, 0.717) is 6.42 Å². The SMILES string of the molecule is CC1CC(=O)Nc2ccc(C3=NNC(=O)C4CCCC34)cc21. The zero-order chi connectivity index (χ0) is 15.3. The lowest BCUT2D eigenvalue weighted by molar-refractivity contribution is -0.126. The van der Waals surface area contributed by atoms with Crippen molar-refractivity contribution in [3.63, 3.8) is 0 Å². The molecular formula is C17H19N3O2. The first-order valence-corrected chi connectivity index (χ1v) is 7.95. The molecule has 114 valence electrons. The highest BCUT2D eigenvalue weighted by Gasteiger charge is 2.39. The maximum Gasteiger partial charge on any atom is 0.243 e. The fraction of sp³-hybridized carbons (Fsp3) is 0.471. The molecule has 0 spiro atoms. The number of hydrogen-bond donors (Lipinski definition) is 2. The minimum absolute atomic E-state index is 0.0600. The molecule has 1 aromatic carbocycles. The fourth-order valence-corrected chi connectivity index (χ4v) is 3.99. The van der Waals surface area contributed by atoms with Crippen molar-refractivity contribution < 1.29 is 9.59 Å². The normalized spacial score (nSPS) is 30.0. The molecule has 2 amide bonds. The maximum absolute atomic E-state index is 11.9. The molecule has 0 aromatic heterocycles. The highest BCUT2D eigenvalue weighted by molar-refractivity contribution is 6.07. The van der Waals surface area contributed by atoms with Crippen LogP contribution in [0.4, 0.5) is 5.69 Å². The summed E-state index contributed by atoms with van der Waals surface area (Å²) in [6.07, 6.45) is 3.58. The minimum atomic E-state index is 0.0600. The van der Waals surface area contributed by atoms with Gasteiger partial charge in [0.2, 0.25) is 11.8 Å². The number of anilines is 1. The number of amides is 2. The van der Waals surface area contributed by atoms with E-state index in [0.717, 1.165) is 41.8 Å². The second-order valence-electron chi connectivity index (χ2n) is 6.57. The average Bonchev–Trinajstić information content (AvgIpc) is 2.98. The van der Waals surface area contributed by atoms with Crippen LogP contribution in [-0.2, 0) is 9.59 Å². The van der Waals surface area contributed by atoms with E-state index in [1.54, 1.807) is 0 Å². The Morgan fingerprint density at radius 1 is 1.18 bits per heavy atom. The predicted molar refractivity (Wildman–Crippen MR) is 83.6 cm³/mol. The monoisotopic (exact) mass is 297 g/mol. The first kappa shape index (κ1) is 13.5. The lowest BCUT2D eigenvalue weighted by Crippen LogP contribution is -2.39. The van der Waals surface area contributed by atoms with Crippen molar-refractivity contribution in [2.24, 2.45) is 16.9 Å². The lowest BCUT2D eigenvalue weighted by atomic mass is 9.83. The largest absolute Gasteiger partial charge is 0.326 e. The molecule has 22 heavy (non-hydrogen) atoms. The van der Waals surface area contributed by atoms with Gasteiger partial charge in [-0.1, -0.05) is 19.4 Å². The molecule has 0 radical (unpaired) electrons. The molecule has 5 nitrogen and oxygen atoms in total. The van der Waals surface area contributed by atoms with E-state index in [1.807, 2.05) is 12.1 Å². The Labute approximate surface area is 129 Å². The Kier molecular flexibility index (Phi) is 3.03. The van der Waals surface area contributed by atoms with Crippen LogP contribution in [0.1, 0.15) is 49.7 Å². The number of carbonyl (C=O) groups is 2. The van der Waals surface area contributed by atoms with Gasteiger partial charge in [0.1, 0.15) is 0 Å². The number of hydrogen-bond acceptors (Lipinski definition) is 3. The highest BCUT2D eigenvalue weighted by Crippen LogP contribution is 2.38. The average molecular weight is 297 g/mol. The fourth-order valence-electron chi connectivity index (χ4n) is 3.99. The van der Waals surface area contributed by atoms with Crippen molar-refractivity contribution in [2.75, 3.05) is 5.32 Å². The van der Waals surface area contributed by atoms with Gasteiger partial charge in [-0.25, -0.2) is 5.43 Å². The van der Waals surface area contributed by atoms with Gasteiger partial charge in [-0.3, -0.25) is 9.59 Å². The summed E-state index contributed by atoms with van der Waals surface area (Å²) < 4.78 is 0. The standard InChI is InChI=1S/C17H19N3O2/c1-9-7-15(21)18-14-6-5-10(8-13(9)14)16-11-3-2-4-12(11)17(22)20-19-16/h5-6,8-9,11-12H,2-4,7H2,1H3,(H,18,21)(H,20,22). The van der Waals surface area contributed by atoms with Crippen molar-refractivity contribution >= 4 is 23.2 Å². The molecule has 1 aromatic rings. The first-order valence-electron chi connectivity index (χ1n) is 7.95. The third-order valence-electron chi connectivity index (χ3n) is 5.13. The van der Waals surface area contributed by atoms with E-state index in [2.05, 4.69) is 28.8 Å². The predicted octanol–water partition coefficient (Wildman–Crippen LogP) is 2.38. The van der Waals surface area contributed by atoms with Gasteiger partial charge in [-0.15, -0.1) is 0 Å². The van der Waals surface area contributed by atoms with Crippen molar-refractivity contribution in [3.8, 4) is 0 Å². The van der Waals surface area contributed by atoms with Gasteiger partial charge >= 0.3 is 0 Å². The van der Waals surface area contributed by atoms with Crippen LogP contribution in [-0.4, -0.2) is 17.5 Å². The summed E-state index contributed by atoms with van der Waals surface area (Å²) in [4.78, 5) is 23.5. The Morgan fingerprint density at radius 3 is 2.86 bits per heavy atom. The van der Waals surface area contributed by atoms with E-state index in [9.17, 15) is 9.59 Å². The smallest absolute Gasteiger partial charge is 0.243 e. The number of nitrogens with one attached hydrogen (secondary N) is 2. The summed E-state index contributed by atoms with van der Waals surface area (Å²) in [5.74, 6) is 0.651. The van der Waals surface area contributed by atoms with Gasteiger partial charge < -0.3 is 5.32 Å². The lowest BCUT2D eigenvalue weighted by Gasteiger charge is -2.27. The molecule has 5 heteroatoms. The van der Waals surface area contributed by atoms with E-state index in [-0.39, 0.29) is 29.6 Å². The zero-order valence-electron chi connectivity index (χ0n) is 12.6. The van der Waals surface area contributed by atoms with E-state index < -0.39 is 0 Å². The second kappa shape index (κ2) is 4.93. The summed E-state index contributed by atoms with van der Waals surface area (Å²) in [7, 11) is 0. The molecule has 1 fully saturated rings. The Bertz CT molecular complexity index is 695. The van der Waals surface area contributed by atoms with Crippen LogP contribution in [0, 0.1) is 11.8 Å². The van der Waals surface area contributed by atoms with Crippen molar-refractivity contribution in [2.45, 2.75) is 38.5 Å². The number of nitrogens with zero attached hydrogens (tertiary/aromatic N) is 1. The number of benzene rings is 1. The number of fused-ring (bicyclic) bond motifs is 2. The zero-order valence-corrected chi connectivity index (χ0v) is 12.6. The van der Waals surface area contributed by atoms with Gasteiger partial charge in [0.05, 0.1) is 5.71 Å². The molecule has 1 aliphatic carbocycles. The molecule has 2 aliphatic heterocycles. The molecule has 2 N–H and O–H groups in total. The third-order valence-corrected chi connectivity index (χ3v) is 5.13. The number of carbonyl (C=O) groups excluding carboxylic acids is 2. The molecule has 0 bridgehead atoms. The third kappa shape index (κ3) is 2.03. The van der Waals surface area contributed by atoms with Crippen LogP contribution in [0.5, 0.6) is 0 Å². The maximum atomic E-state index is 11.9. The van der Waals surface area contributed by atoms with Crippen molar-refractivity contribution in [1.29, 1.82) is 0 Å². The summed E-state index contributed by atoms with van der Waals surface area (Å²) in [6, 6.07) is 6.09. The van der Waals surface area contributed by atoms with Gasteiger partial charge in [-0.2, -0.15) is 5.10 Å². The van der Waals surface area contributed by atoms with Gasteiger partial charge in [0.25, 0.3) is 0 Å². The van der Waals surface area contributed by atoms with Crippen LogP contribution >= 0.6 is 0 Å². The van der Waals surface area contributed by atoms with Crippen LogP contribution in [0.25, 0.3) is 0 Å². The van der Waals surface area contributed by atoms with Gasteiger partial charge in [0.15, 0.2) is 0 Å². The Hall–Kier alpha value is -2.17. The summed E-state index contributed by atoms with van der Waals surface area (Å²) in [5, 5.41) is 7.27. The summed E-state index contributed by atoms with van der Waals surface area (Å²) in [5.41, 5.74) is 6.80. The van der Waals surface area contributed by atoms with E-state index >= 15 is 0 Å². The van der Waals surface area contributed by atoms with Crippen LogP contribution in [0.3, 0.4) is 0 Å². The van der Waals surface area contributed by atoms with Crippen molar-refractivity contribution in [1.82, 2.24) is 5.43 Å². The molecular weight excluding hydrogens is 278 g/mol. The molecule has 0 saturated heterocycles. The van der Waals surface area contributed by atoms with Gasteiger partial charge in [0, 0.05) is 23.9 Å². The Morgan fingerprint density at radius 2 is 2.00 bits per heavy atom. The number of rotatable bonds is 1. The topological polar surface area (TPSA) is 70.6 Å². The molecule has 3 atom stereocenters.